The molecule has 0 aromatic heterocycles. The van der Waals surface area contributed by atoms with Crippen LogP contribution in [-0.4, -0.2) is 36.0 Å². The highest BCUT2D eigenvalue weighted by atomic mass is 35.5. The SMILES string of the molecule is Cl.O=C(c1ccccc1)N1CCC2(CCCCN2)CC1. The number of hydrogen-bond acceptors (Lipinski definition) is 2. The van der Waals surface area contributed by atoms with E-state index < -0.39 is 0 Å². The highest BCUT2D eigenvalue weighted by molar-refractivity contribution is 5.94. The molecule has 0 radical (unpaired) electrons. The highest BCUT2D eigenvalue weighted by Crippen LogP contribution is 2.30. The van der Waals surface area contributed by atoms with Crippen LogP contribution in [0, 0.1) is 0 Å². The first-order valence-corrected chi connectivity index (χ1v) is 7.39. The van der Waals surface area contributed by atoms with Crippen molar-refractivity contribution in [2.45, 2.75) is 37.6 Å². The van der Waals surface area contributed by atoms with Crippen molar-refractivity contribution >= 4 is 18.3 Å². The van der Waals surface area contributed by atoms with Gasteiger partial charge < -0.3 is 10.2 Å². The van der Waals surface area contributed by atoms with Crippen molar-refractivity contribution in [1.82, 2.24) is 10.2 Å². The Morgan fingerprint density at radius 3 is 2.35 bits per heavy atom. The molecule has 3 nitrogen and oxygen atoms in total. The molecule has 20 heavy (non-hydrogen) atoms. The monoisotopic (exact) mass is 294 g/mol. The number of likely N-dealkylation sites (tertiary alicyclic amines) is 1. The first kappa shape index (κ1) is 15.3. The molecule has 4 heteroatoms. The number of nitrogens with one attached hydrogen (secondary N) is 1. The van der Waals surface area contributed by atoms with E-state index >= 15 is 0 Å². The van der Waals surface area contributed by atoms with E-state index in [1.54, 1.807) is 0 Å². The zero-order valence-electron chi connectivity index (χ0n) is 11.8. The third-order valence-electron chi connectivity index (χ3n) is 4.61. The van der Waals surface area contributed by atoms with Crippen LogP contribution in [0.25, 0.3) is 0 Å². The van der Waals surface area contributed by atoms with E-state index in [2.05, 4.69) is 5.32 Å². The topological polar surface area (TPSA) is 32.3 Å². The molecule has 1 spiro atoms. The lowest BCUT2D eigenvalue weighted by atomic mass is 9.80. The molecule has 2 saturated heterocycles. The lowest BCUT2D eigenvalue weighted by Crippen LogP contribution is -2.56. The lowest BCUT2D eigenvalue weighted by molar-refractivity contribution is 0.0608. The van der Waals surface area contributed by atoms with Crippen LogP contribution in [0.5, 0.6) is 0 Å². The number of piperidine rings is 2. The quantitative estimate of drug-likeness (QED) is 0.864. The summed E-state index contributed by atoms with van der Waals surface area (Å²) in [5, 5.41) is 3.70. The summed E-state index contributed by atoms with van der Waals surface area (Å²) in [6.45, 7) is 2.92. The molecule has 0 aliphatic carbocycles. The molecule has 1 aromatic rings. The molecule has 3 rings (SSSR count). The van der Waals surface area contributed by atoms with E-state index in [9.17, 15) is 4.79 Å². The van der Waals surface area contributed by atoms with Crippen molar-refractivity contribution in [3.8, 4) is 0 Å². The molecule has 2 aliphatic heterocycles. The Morgan fingerprint density at radius 1 is 1.05 bits per heavy atom. The smallest absolute Gasteiger partial charge is 0.253 e. The summed E-state index contributed by atoms with van der Waals surface area (Å²) >= 11 is 0. The van der Waals surface area contributed by atoms with E-state index in [-0.39, 0.29) is 18.3 Å². The number of carbonyl (C=O) groups excluding carboxylic acids is 1. The van der Waals surface area contributed by atoms with E-state index in [1.165, 1.54) is 19.3 Å². The van der Waals surface area contributed by atoms with Gasteiger partial charge in [-0.2, -0.15) is 0 Å². The summed E-state index contributed by atoms with van der Waals surface area (Å²) in [7, 11) is 0. The van der Waals surface area contributed by atoms with Gasteiger partial charge in [0.2, 0.25) is 0 Å². The van der Waals surface area contributed by atoms with Gasteiger partial charge in [-0.3, -0.25) is 4.79 Å². The first-order valence-electron chi connectivity index (χ1n) is 7.39. The van der Waals surface area contributed by atoms with Crippen molar-refractivity contribution in [1.29, 1.82) is 0 Å². The fourth-order valence-corrected chi connectivity index (χ4v) is 3.36. The maximum Gasteiger partial charge on any atom is 0.253 e. The van der Waals surface area contributed by atoms with Gasteiger partial charge in [0, 0.05) is 24.2 Å². The number of amides is 1. The predicted molar refractivity (Wildman–Crippen MR) is 83.4 cm³/mol. The van der Waals surface area contributed by atoms with Gasteiger partial charge in [0.05, 0.1) is 0 Å². The van der Waals surface area contributed by atoms with Crippen LogP contribution in [-0.2, 0) is 0 Å². The zero-order chi connectivity index (χ0) is 13.1. The van der Waals surface area contributed by atoms with Crippen LogP contribution in [0.3, 0.4) is 0 Å². The summed E-state index contributed by atoms with van der Waals surface area (Å²) in [5.41, 5.74) is 1.14. The van der Waals surface area contributed by atoms with Crippen LogP contribution in [0.4, 0.5) is 0 Å². The van der Waals surface area contributed by atoms with Gasteiger partial charge >= 0.3 is 0 Å². The number of benzene rings is 1. The van der Waals surface area contributed by atoms with E-state index in [4.69, 9.17) is 0 Å². The van der Waals surface area contributed by atoms with Gasteiger partial charge in [0.15, 0.2) is 0 Å². The molecule has 2 fully saturated rings. The maximum absolute atomic E-state index is 12.4. The Bertz CT molecular complexity index is 433. The van der Waals surface area contributed by atoms with Gasteiger partial charge in [-0.15, -0.1) is 12.4 Å². The van der Waals surface area contributed by atoms with Crippen LogP contribution in [0.15, 0.2) is 30.3 Å². The fourth-order valence-electron chi connectivity index (χ4n) is 3.36. The third kappa shape index (κ3) is 3.15. The van der Waals surface area contributed by atoms with Crippen LogP contribution in [0.2, 0.25) is 0 Å². The largest absolute Gasteiger partial charge is 0.339 e. The van der Waals surface area contributed by atoms with Gasteiger partial charge in [-0.05, 0) is 44.4 Å². The number of hydrogen-bond donors (Lipinski definition) is 1. The molecule has 2 aliphatic rings. The summed E-state index contributed by atoms with van der Waals surface area (Å²) in [6, 6.07) is 9.63. The number of halogens is 1. The minimum Gasteiger partial charge on any atom is -0.339 e. The molecule has 0 atom stereocenters. The third-order valence-corrected chi connectivity index (χ3v) is 4.61. The summed E-state index contributed by atoms with van der Waals surface area (Å²) < 4.78 is 0. The van der Waals surface area contributed by atoms with Gasteiger partial charge in [-0.1, -0.05) is 24.6 Å². The predicted octanol–water partition coefficient (Wildman–Crippen LogP) is 2.86. The van der Waals surface area contributed by atoms with Crippen molar-refractivity contribution in [3.63, 3.8) is 0 Å². The number of carbonyl (C=O) groups is 1. The highest BCUT2D eigenvalue weighted by Gasteiger charge is 2.36. The summed E-state index contributed by atoms with van der Waals surface area (Å²) in [4.78, 5) is 14.4. The summed E-state index contributed by atoms with van der Waals surface area (Å²) in [6.07, 6.45) is 6.12. The average molecular weight is 295 g/mol. The second-order valence-electron chi connectivity index (χ2n) is 5.82. The Labute approximate surface area is 127 Å². The first-order chi connectivity index (χ1) is 9.29. The number of nitrogens with zero attached hydrogens (tertiary/aromatic N) is 1. The second kappa shape index (κ2) is 6.59. The minimum absolute atomic E-state index is 0. The summed E-state index contributed by atoms with van der Waals surface area (Å²) in [5.74, 6) is 0.186. The minimum atomic E-state index is 0. The normalized spacial score (nSPS) is 21.3. The standard InChI is InChI=1S/C16H22N2O.ClH/c19-15(14-6-2-1-3-7-14)18-12-9-16(10-13-18)8-4-5-11-17-16;/h1-3,6-7,17H,4-5,8-13H2;1H. The Kier molecular flexibility index (Phi) is 5.06. The molecule has 0 unspecified atom stereocenters. The van der Waals surface area contributed by atoms with Crippen molar-refractivity contribution in [2.24, 2.45) is 0 Å². The molecular weight excluding hydrogens is 272 g/mol. The van der Waals surface area contributed by atoms with Gasteiger partial charge in [0.1, 0.15) is 0 Å². The fraction of sp³-hybridized carbons (Fsp3) is 0.562. The van der Waals surface area contributed by atoms with Crippen molar-refractivity contribution < 1.29 is 4.79 Å². The molecule has 0 saturated carbocycles. The Balaban J connectivity index is 0.00000147. The zero-order valence-corrected chi connectivity index (χ0v) is 12.6. The van der Waals surface area contributed by atoms with E-state index in [1.807, 2.05) is 35.2 Å². The van der Waals surface area contributed by atoms with E-state index in [0.29, 0.717) is 5.54 Å². The van der Waals surface area contributed by atoms with Crippen LogP contribution in [0.1, 0.15) is 42.5 Å². The number of rotatable bonds is 1. The van der Waals surface area contributed by atoms with E-state index in [0.717, 1.165) is 38.0 Å². The van der Waals surface area contributed by atoms with Crippen LogP contribution >= 0.6 is 12.4 Å². The van der Waals surface area contributed by atoms with Crippen molar-refractivity contribution in [2.75, 3.05) is 19.6 Å². The molecule has 0 bridgehead atoms. The average Bonchev–Trinajstić information content (AvgIpc) is 2.49. The van der Waals surface area contributed by atoms with Crippen molar-refractivity contribution in [3.05, 3.63) is 35.9 Å². The second-order valence-corrected chi connectivity index (χ2v) is 5.82. The Morgan fingerprint density at radius 2 is 1.75 bits per heavy atom. The Hall–Kier alpha value is -1.06. The van der Waals surface area contributed by atoms with Crippen LogP contribution < -0.4 is 5.32 Å². The molecule has 2 heterocycles. The molecule has 1 amide bonds. The molecular formula is C16H23ClN2O. The maximum atomic E-state index is 12.4. The molecule has 1 aromatic carbocycles. The molecule has 110 valence electrons. The van der Waals surface area contributed by atoms with Gasteiger partial charge in [-0.25, -0.2) is 0 Å². The lowest BCUT2D eigenvalue weighted by Gasteiger charge is -2.45. The molecule has 1 N–H and O–H groups in total. The van der Waals surface area contributed by atoms with Gasteiger partial charge in [0.25, 0.3) is 5.91 Å².